The lowest BCUT2D eigenvalue weighted by Crippen LogP contribution is -2.38. The fraction of sp³-hybridized carbons (Fsp3) is 0.211. The molecular formula is C19H18F2N4OS. The molecule has 140 valence electrons. The first-order valence-electron chi connectivity index (χ1n) is 8.23. The molecule has 1 aromatic carbocycles. The smallest absolute Gasteiger partial charge is 0.264 e. The number of carbonyl (C=O) groups excluding carboxylic acids is 1. The number of amides is 1. The summed E-state index contributed by atoms with van der Waals surface area (Å²) in [5.74, 6) is -0.0486. The van der Waals surface area contributed by atoms with Gasteiger partial charge in [0.2, 0.25) is 5.91 Å². The lowest BCUT2D eigenvalue weighted by molar-refractivity contribution is -0.119. The number of pyridine rings is 2. The Hall–Kier alpha value is -2.58. The summed E-state index contributed by atoms with van der Waals surface area (Å²) in [6.07, 6.45) is 0.838. The number of nitrogens with zero attached hydrogens (tertiary/aromatic N) is 2. The van der Waals surface area contributed by atoms with E-state index in [1.54, 1.807) is 24.4 Å². The lowest BCUT2D eigenvalue weighted by atomic mass is 10.1. The number of carbonyl (C=O) groups is 1. The van der Waals surface area contributed by atoms with Crippen molar-refractivity contribution in [2.45, 2.75) is 29.5 Å². The van der Waals surface area contributed by atoms with E-state index in [1.165, 1.54) is 24.0 Å². The minimum absolute atomic E-state index is 0.0250. The van der Waals surface area contributed by atoms with Crippen LogP contribution in [0.1, 0.15) is 23.4 Å². The van der Waals surface area contributed by atoms with Gasteiger partial charge in [0, 0.05) is 46.1 Å². The molecule has 1 unspecified atom stereocenters. The molecule has 3 rings (SSSR count). The molecule has 0 aliphatic rings. The van der Waals surface area contributed by atoms with E-state index < -0.39 is 18.4 Å². The average molecular weight is 388 g/mol. The molecule has 4 N–H and O–H groups in total. The predicted molar refractivity (Wildman–Crippen MR) is 101 cm³/mol. The van der Waals surface area contributed by atoms with Crippen molar-refractivity contribution >= 4 is 28.4 Å². The number of hydrogen-bond acceptors (Lipinski definition) is 5. The average Bonchev–Trinajstić information content (AvgIpc) is 2.66. The Labute approximate surface area is 159 Å². The zero-order valence-electron chi connectivity index (χ0n) is 14.3. The summed E-state index contributed by atoms with van der Waals surface area (Å²) < 4.78 is 26.4. The summed E-state index contributed by atoms with van der Waals surface area (Å²) >= 11 is 1.46. The molecule has 1 atom stereocenters. The van der Waals surface area contributed by atoms with Crippen molar-refractivity contribution in [2.24, 2.45) is 11.5 Å². The van der Waals surface area contributed by atoms with E-state index >= 15 is 0 Å². The van der Waals surface area contributed by atoms with Crippen molar-refractivity contribution in [1.29, 1.82) is 0 Å². The van der Waals surface area contributed by atoms with Gasteiger partial charge in [-0.2, -0.15) is 0 Å². The van der Waals surface area contributed by atoms with E-state index in [1.807, 2.05) is 12.1 Å². The van der Waals surface area contributed by atoms with Crippen molar-refractivity contribution in [3.05, 3.63) is 65.7 Å². The predicted octanol–water partition coefficient (Wildman–Crippen LogP) is 3.21. The largest absolute Gasteiger partial charge is 0.368 e. The van der Waals surface area contributed by atoms with Crippen LogP contribution in [0.2, 0.25) is 0 Å². The van der Waals surface area contributed by atoms with Crippen LogP contribution in [0.25, 0.3) is 10.8 Å². The number of halogens is 2. The molecule has 0 spiro atoms. The van der Waals surface area contributed by atoms with Gasteiger partial charge in [0.25, 0.3) is 6.43 Å². The first-order valence-corrected chi connectivity index (χ1v) is 9.21. The maximum absolute atomic E-state index is 13.2. The number of primary amides is 1. The Morgan fingerprint density at radius 1 is 1.07 bits per heavy atom. The Balaban J connectivity index is 1.79. The molecule has 0 aliphatic heterocycles. The molecule has 1 amide bonds. The Morgan fingerprint density at radius 3 is 2.56 bits per heavy atom. The number of thioether (sulfide) groups is 1. The van der Waals surface area contributed by atoms with Crippen LogP contribution in [0.15, 0.2) is 53.7 Å². The first kappa shape index (κ1) is 19.2. The molecule has 5 nitrogen and oxygen atoms in total. The van der Waals surface area contributed by atoms with Crippen molar-refractivity contribution in [3.63, 3.8) is 0 Å². The van der Waals surface area contributed by atoms with Crippen LogP contribution in [0.3, 0.4) is 0 Å². The van der Waals surface area contributed by atoms with Gasteiger partial charge in [0.1, 0.15) is 0 Å². The molecule has 0 fully saturated rings. The quantitative estimate of drug-likeness (QED) is 0.606. The topological polar surface area (TPSA) is 94.9 Å². The minimum atomic E-state index is -2.55. The zero-order chi connectivity index (χ0) is 19.4. The number of rotatable bonds is 7. The number of alkyl halides is 2. The van der Waals surface area contributed by atoms with E-state index in [4.69, 9.17) is 11.5 Å². The molecule has 0 bridgehead atoms. The van der Waals surface area contributed by atoms with Crippen LogP contribution in [-0.2, 0) is 17.0 Å². The highest BCUT2D eigenvalue weighted by atomic mass is 32.2. The van der Waals surface area contributed by atoms with Gasteiger partial charge < -0.3 is 11.5 Å². The van der Waals surface area contributed by atoms with Gasteiger partial charge in [0.15, 0.2) is 0 Å². The van der Waals surface area contributed by atoms with Gasteiger partial charge in [-0.15, -0.1) is 11.8 Å². The van der Waals surface area contributed by atoms with E-state index in [0.29, 0.717) is 16.8 Å². The number of hydrogen-bond donors (Lipinski definition) is 2. The Morgan fingerprint density at radius 2 is 1.81 bits per heavy atom. The van der Waals surface area contributed by atoms with Crippen LogP contribution >= 0.6 is 11.8 Å². The summed E-state index contributed by atoms with van der Waals surface area (Å²) in [4.78, 5) is 20.5. The number of aromatic nitrogens is 2. The fourth-order valence-corrected chi connectivity index (χ4v) is 3.63. The van der Waals surface area contributed by atoms with Crippen LogP contribution in [-0.4, -0.2) is 21.9 Å². The van der Waals surface area contributed by atoms with Crippen LogP contribution in [0.5, 0.6) is 0 Å². The van der Waals surface area contributed by atoms with E-state index in [0.717, 1.165) is 16.0 Å². The standard InChI is InChI=1S/C19H18F2N4OS/c20-18(21)14-6-2-5-13-15(14)8-24-9-17(13)27-10-12-4-1-3-11(25-12)7-16(22)19(23)26/h1-6,8-9,16,18H,7,10,22H2,(H2,23,26). The second-order valence-electron chi connectivity index (χ2n) is 6.00. The molecule has 8 heteroatoms. The summed E-state index contributed by atoms with van der Waals surface area (Å²) in [6, 6.07) is 9.54. The van der Waals surface area contributed by atoms with Crippen molar-refractivity contribution in [1.82, 2.24) is 9.97 Å². The molecule has 3 aromatic rings. The second kappa shape index (κ2) is 8.41. The fourth-order valence-electron chi connectivity index (χ4n) is 2.70. The molecule has 0 radical (unpaired) electrons. The van der Waals surface area contributed by atoms with Crippen molar-refractivity contribution in [2.75, 3.05) is 0 Å². The molecule has 0 saturated carbocycles. The highest BCUT2D eigenvalue weighted by molar-refractivity contribution is 7.98. The lowest BCUT2D eigenvalue weighted by Gasteiger charge is -2.10. The zero-order valence-corrected chi connectivity index (χ0v) is 15.1. The third-order valence-electron chi connectivity index (χ3n) is 4.07. The van der Waals surface area contributed by atoms with Gasteiger partial charge in [-0.25, -0.2) is 8.78 Å². The summed E-state index contributed by atoms with van der Waals surface area (Å²) in [6.45, 7) is 0. The Kier molecular flexibility index (Phi) is 5.98. The SMILES string of the molecule is NC(=O)C(N)Cc1cccc(CSc2cncc3c(C(F)F)cccc23)n1. The van der Waals surface area contributed by atoms with Gasteiger partial charge in [-0.05, 0) is 17.5 Å². The van der Waals surface area contributed by atoms with Crippen molar-refractivity contribution in [3.8, 4) is 0 Å². The summed E-state index contributed by atoms with van der Waals surface area (Å²) in [5, 5.41) is 1.19. The van der Waals surface area contributed by atoms with E-state index in [9.17, 15) is 13.6 Å². The third-order valence-corrected chi connectivity index (χ3v) is 5.15. The highest BCUT2D eigenvalue weighted by Crippen LogP contribution is 2.33. The number of nitrogens with two attached hydrogens (primary N) is 2. The van der Waals surface area contributed by atoms with Crippen LogP contribution < -0.4 is 11.5 Å². The third kappa shape index (κ3) is 4.58. The van der Waals surface area contributed by atoms with Gasteiger partial charge >= 0.3 is 0 Å². The summed E-state index contributed by atoms with van der Waals surface area (Å²) in [7, 11) is 0. The number of fused-ring (bicyclic) bond motifs is 1. The minimum Gasteiger partial charge on any atom is -0.368 e. The maximum Gasteiger partial charge on any atom is 0.264 e. The summed E-state index contributed by atoms with van der Waals surface area (Å²) in [5.41, 5.74) is 12.3. The molecule has 27 heavy (non-hydrogen) atoms. The molecule has 0 saturated heterocycles. The van der Waals surface area contributed by atoms with E-state index in [2.05, 4.69) is 9.97 Å². The van der Waals surface area contributed by atoms with Crippen LogP contribution in [0.4, 0.5) is 8.78 Å². The normalized spacial score (nSPS) is 12.4. The van der Waals surface area contributed by atoms with E-state index in [-0.39, 0.29) is 12.0 Å². The molecule has 2 heterocycles. The van der Waals surface area contributed by atoms with Crippen LogP contribution in [0, 0.1) is 0 Å². The highest BCUT2D eigenvalue weighted by Gasteiger charge is 2.14. The van der Waals surface area contributed by atoms with Crippen molar-refractivity contribution < 1.29 is 13.6 Å². The maximum atomic E-state index is 13.2. The first-order chi connectivity index (χ1) is 13.0. The molecule has 0 aliphatic carbocycles. The van der Waals surface area contributed by atoms with Gasteiger partial charge in [-0.1, -0.05) is 24.3 Å². The second-order valence-corrected chi connectivity index (χ2v) is 7.02. The monoisotopic (exact) mass is 388 g/mol. The number of benzene rings is 1. The van der Waals surface area contributed by atoms with Gasteiger partial charge in [-0.3, -0.25) is 14.8 Å². The Bertz CT molecular complexity index is 967. The molecular weight excluding hydrogens is 370 g/mol. The molecule has 2 aromatic heterocycles. The van der Waals surface area contributed by atoms with Gasteiger partial charge in [0.05, 0.1) is 11.7 Å².